The zero-order valence-electron chi connectivity index (χ0n) is 9.89. The Labute approximate surface area is 101 Å². The van der Waals surface area contributed by atoms with E-state index in [1.807, 2.05) is 6.07 Å². The molecule has 1 aliphatic rings. The fourth-order valence-electron chi connectivity index (χ4n) is 2.79. The molecule has 2 N–H and O–H groups in total. The highest BCUT2D eigenvalue weighted by Gasteiger charge is 2.33. The molecule has 0 aromatic heterocycles. The lowest BCUT2D eigenvalue weighted by molar-refractivity contribution is -0.385. The summed E-state index contributed by atoms with van der Waals surface area (Å²) in [5, 5.41) is 10.8. The van der Waals surface area contributed by atoms with Gasteiger partial charge in [-0.25, -0.2) is 0 Å². The molecule has 0 amide bonds. The van der Waals surface area contributed by atoms with Crippen molar-refractivity contribution in [3.05, 3.63) is 39.9 Å². The van der Waals surface area contributed by atoms with Crippen LogP contribution < -0.4 is 5.73 Å². The first-order valence-electron chi connectivity index (χ1n) is 6.13. The van der Waals surface area contributed by atoms with Crippen molar-refractivity contribution in [3.8, 4) is 0 Å². The number of hydrogen-bond donors (Lipinski definition) is 1. The molecule has 1 aromatic carbocycles. The van der Waals surface area contributed by atoms with Crippen molar-refractivity contribution >= 4 is 5.69 Å². The smallest absolute Gasteiger partial charge is 0.269 e. The molecule has 0 spiro atoms. The van der Waals surface area contributed by atoms with E-state index in [-0.39, 0.29) is 16.0 Å². The van der Waals surface area contributed by atoms with E-state index in [1.54, 1.807) is 12.1 Å². The van der Waals surface area contributed by atoms with Crippen LogP contribution in [0.15, 0.2) is 24.3 Å². The van der Waals surface area contributed by atoms with Crippen molar-refractivity contribution in [2.24, 2.45) is 5.73 Å². The molecule has 1 aromatic rings. The zero-order valence-corrected chi connectivity index (χ0v) is 9.89. The van der Waals surface area contributed by atoms with Gasteiger partial charge in [-0.15, -0.1) is 0 Å². The third-order valence-electron chi connectivity index (χ3n) is 3.87. The molecule has 0 unspecified atom stereocenters. The molecule has 0 atom stereocenters. The van der Waals surface area contributed by atoms with E-state index in [0.29, 0.717) is 6.54 Å². The molecule has 92 valence electrons. The molecule has 1 saturated carbocycles. The number of nitro benzene ring substituents is 1. The minimum atomic E-state index is -0.337. The molecule has 2 rings (SSSR count). The Balaban J connectivity index is 2.36. The van der Waals surface area contributed by atoms with Crippen LogP contribution in [0, 0.1) is 10.1 Å². The van der Waals surface area contributed by atoms with Crippen LogP contribution in [0.1, 0.15) is 37.7 Å². The van der Waals surface area contributed by atoms with Gasteiger partial charge in [0.1, 0.15) is 0 Å². The number of nitro groups is 1. The summed E-state index contributed by atoms with van der Waals surface area (Å²) < 4.78 is 0. The highest BCUT2D eigenvalue weighted by Crippen LogP contribution is 2.39. The molecule has 0 radical (unpaired) electrons. The van der Waals surface area contributed by atoms with E-state index in [9.17, 15) is 10.1 Å². The van der Waals surface area contributed by atoms with Crippen LogP contribution in [0.5, 0.6) is 0 Å². The highest BCUT2D eigenvalue weighted by atomic mass is 16.6. The summed E-state index contributed by atoms with van der Waals surface area (Å²) in [4.78, 5) is 10.5. The average molecular weight is 234 g/mol. The predicted octanol–water partition coefficient (Wildman–Crippen LogP) is 2.76. The van der Waals surface area contributed by atoms with Gasteiger partial charge in [0.25, 0.3) is 5.69 Å². The van der Waals surface area contributed by atoms with Gasteiger partial charge in [-0.2, -0.15) is 0 Å². The third-order valence-corrected chi connectivity index (χ3v) is 3.87. The molecule has 17 heavy (non-hydrogen) atoms. The fourth-order valence-corrected chi connectivity index (χ4v) is 2.79. The molecular weight excluding hydrogens is 216 g/mol. The molecule has 0 saturated heterocycles. The lowest BCUT2D eigenvalue weighted by Crippen LogP contribution is -2.37. The molecule has 0 bridgehead atoms. The van der Waals surface area contributed by atoms with Crippen LogP contribution in [-0.2, 0) is 5.41 Å². The van der Waals surface area contributed by atoms with Crippen molar-refractivity contribution in [1.29, 1.82) is 0 Å². The second-order valence-electron chi connectivity index (χ2n) is 4.85. The van der Waals surface area contributed by atoms with Gasteiger partial charge in [-0.1, -0.05) is 31.4 Å². The minimum absolute atomic E-state index is 0.0374. The van der Waals surface area contributed by atoms with Crippen LogP contribution in [0.25, 0.3) is 0 Å². The van der Waals surface area contributed by atoms with E-state index in [1.165, 1.54) is 25.3 Å². The number of hydrogen-bond acceptors (Lipinski definition) is 3. The number of nitrogens with two attached hydrogens (primary N) is 1. The van der Waals surface area contributed by atoms with Gasteiger partial charge < -0.3 is 5.73 Å². The Kier molecular flexibility index (Phi) is 3.43. The Morgan fingerprint density at radius 1 is 1.29 bits per heavy atom. The van der Waals surface area contributed by atoms with E-state index >= 15 is 0 Å². The maximum Gasteiger partial charge on any atom is 0.269 e. The maximum atomic E-state index is 10.8. The van der Waals surface area contributed by atoms with Gasteiger partial charge in [0, 0.05) is 24.1 Å². The maximum absolute atomic E-state index is 10.8. The largest absolute Gasteiger partial charge is 0.330 e. The monoisotopic (exact) mass is 234 g/mol. The van der Waals surface area contributed by atoms with Crippen LogP contribution in [0.4, 0.5) is 5.69 Å². The van der Waals surface area contributed by atoms with Crippen molar-refractivity contribution in [3.63, 3.8) is 0 Å². The normalized spacial score (nSPS) is 18.9. The predicted molar refractivity (Wildman–Crippen MR) is 66.9 cm³/mol. The molecule has 1 fully saturated rings. The van der Waals surface area contributed by atoms with E-state index in [0.717, 1.165) is 18.4 Å². The second kappa shape index (κ2) is 4.84. The van der Waals surface area contributed by atoms with E-state index in [2.05, 4.69) is 0 Å². The van der Waals surface area contributed by atoms with Crippen molar-refractivity contribution in [1.82, 2.24) is 0 Å². The summed E-state index contributed by atoms with van der Waals surface area (Å²) >= 11 is 0. The lowest BCUT2D eigenvalue weighted by atomic mass is 9.69. The van der Waals surface area contributed by atoms with Crippen LogP contribution >= 0.6 is 0 Å². The topological polar surface area (TPSA) is 69.2 Å². The number of non-ortho nitro benzene ring substituents is 1. The SMILES string of the molecule is NCC1(c2cccc([N+](=O)[O-])c2)CCCCC1. The first kappa shape index (κ1) is 12.0. The van der Waals surface area contributed by atoms with E-state index < -0.39 is 0 Å². The Morgan fingerprint density at radius 2 is 2.00 bits per heavy atom. The van der Waals surface area contributed by atoms with Gasteiger partial charge in [0.15, 0.2) is 0 Å². The minimum Gasteiger partial charge on any atom is -0.330 e. The standard InChI is InChI=1S/C13H18N2O2/c14-10-13(7-2-1-3-8-13)11-5-4-6-12(9-11)15(16)17/h4-6,9H,1-3,7-8,10,14H2. The summed E-state index contributed by atoms with van der Waals surface area (Å²) in [6.45, 7) is 0.578. The summed E-state index contributed by atoms with van der Waals surface area (Å²) in [6.07, 6.45) is 5.67. The number of benzene rings is 1. The zero-order chi connectivity index (χ0) is 12.3. The Bertz CT molecular complexity index is 412. The molecule has 1 aliphatic carbocycles. The van der Waals surface area contributed by atoms with Gasteiger partial charge in [0.2, 0.25) is 0 Å². The molecule has 4 nitrogen and oxygen atoms in total. The van der Waals surface area contributed by atoms with E-state index in [4.69, 9.17) is 5.73 Å². The number of rotatable bonds is 3. The van der Waals surface area contributed by atoms with Crippen molar-refractivity contribution in [2.75, 3.05) is 6.54 Å². The summed E-state index contributed by atoms with van der Waals surface area (Å²) in [5.74, 6) is 0. The molecule has 0 aliphatic heterocycles. The van der Waals surface area contributed by atoms with Gasteiger partial charge in [-0.05, 0) is 18.4 Å². The molecular formula is C13H18N2O2. The van der Waals surface area contributed by atoms with Crippen molar-refractivity contribution < 1.29 is 4.92 Å². The van der Waals surface area contributed by atoms with Gasteiger partial charge >= 0.3 is 0 Å². The average Bonchev–Trinajstić information content (AvgIpc) is 2.39. The van der Waals surface area contributed by atoms with Gasteiger partial charge in [-0.3, -0.25) is 10.1 Å². The summed E-state index contributed by atoms with van der Waals surface area (Å²) in [6, 6.07) is 6.97. The Hall–Kier alpha value is -1.42. The first-order valence-corrected chi connectivity index (χ1v) is 6.13. The fraction of sp³-hybridized carbons (Fsp3) is 0.538. The lowest BCUT2D eigenvalue weighted by Gasteiger charge is -2.36. The first-order chi connectivity index (χ1) is 8.18. The molecule has 4 heteroatoms. The third kappa shape index (κ3) is 2.31. The van der Waals surface area contributed by atoms with Crippen molar-refractivity contribution in [2.45, 2.75) is 37.5 Å². The highest BCUT2D eigenvalue weighted by molar-refractivity contribution is 5.38. The van der Waals surface area contributed by atoms with Crippen LogP contribution in [0.3, 0.4) is 0 Å². The summed E-state index contributed by atoms with van der Waals surface area (Å²) in [5.41, 5.74) is 7.09. The second-order valence-corrected chi connectivity index (χ2v) is 4.85. The van der Waals surface area contributed by atoms with Crippen LogP contribution in [-0.4, -0.2) is 11.5 Å². The Morgan fingerprint density at radius 3 is 2.59 bits per heavy atom. The van der Waals surface area contributed by atoms with Crippen LogP contribution in [0.2, 0.25) is 0 Å². The number of nitrogens with zero attached hydrogens (tertiary/aromatic N) is 1. The molecule has 0 heterocycles. The van der Waals surface area contributed by atoms with Gasteiger partial charge in [0.05, 0.1) is 4.92 Å². The quantitative estimate of drug-likeness (QED) is 0.645. The summed E-state index contributed by atoms with van der Waals surface area (Å²) in [7, 11) is 0.